The zero-order valence-corrected chi connectivity index (χ0v) is 14.9. The molecule has 0 radical (unpaired) electrons. The summed E-state index contributed by atoms with van der Waals surface area (Å²) in [5.41, 5.74) is -2.05. The lowest BCUT2D eigenvalue weighted by atomic mass is 9.90. The van der Waals surface area contributed by atoms with Gasteiger partial charge in [0, 0.05) is 15.7 Å². The predicted octanol–water partition coefficient (Wildman–Crippen LogP) is 2.90. The van der Waals surface area contributed by atoms with E-state index in [0.29, 0.717) is 11.4 Å². The minimum absolute atomic E-state index is 0.0452. The van der Waals surface area contributed by atoms with Crippen molar-refractivity contribution >= 4 is 44.9 Å². The molecular weight excluding hydrogens is 388 g/mol. The minimum atomic E-state index is -2.38. The van der Waals surface area contributed by atoms with Gasteiger partial charge in [-0.3, -0.25) is 15.1 Å². The van der Waals surface area contributed by atoms with Crippen molar-refractivity contribution in [2.75, 3.05) is 11.5 Å². The Morgan fingerprint density at radius 2 is 1.88 bits per heavy atom. The summed E-state index contributed by atoms with van der Waals surface area (Å²) in [4.78, 5) is 26.3. The van der Waals surface area contributed by atoms with Gasteiger partial charge in [-0.25, -0.2) is 4.79 Å². The van der Waals surface area contributed by atoms with Crippen LogP contribution in [0.5, 0.6) is 0 Å². The Morgan fingerprint density at radius 1 is 1.24 bits per heavy atom. The van der Waals surface area contributed by atoms with Crippen molar-refractivity contribution in [1.82, 2.24) is 0 Å². The zero-order chi connectivity index (χ0) is 18.2. The lowest BCUT2D eigenvalue weighted by Crippen LogP contribution is -2.48. The maximum atomic E-state index is 13.0. The molecule has 1 heterocycles. The van der Waals surface area contributed by atoms with Crippen molar-refractivity contribution < 1.29 is 19.4 Å². The number of esters is 1. The number of anilines is 2. The molecule has 0 spiro atoms. The highest BCUT2D eigenvalue weighted by molar-refractivity contribution is 9.10. The molecule has 0 aromatic heterocycles. The molecule has 2 aromatic carbocycles. The van der Waals surface area contributed by atoms with E-state index in [0.717, 1.165) is 4.47 Å². The van der Waals surface area contributed by atoms with Crippen molar-refractivity contribution in [3.8, 4) is 0 Å². The van der Waals surface area contributed by atoms with Gasteiger partial charge >= 0.3 is 5.97 Å². The van der Waals surface area contributed by atoms with Crippen molar-refractivity contribution in [2.24, 2.45) is 0 Å². The molecule has 3 rings (SSSR count). The van der Waals surface area contributed by atoms with Gasteiger partial charge in [0.05, 0.1) is 12.3 Å². The summed E-state index contributed by atoms with van der Waals surface area (Å²) in [7, 11) is 0. The normalized spacial score (nSPS) is 18.8. The Bertz CT molecular complexity index is 866. The average molecular weight is 403 g/mol. The Hall–Kier alpha value is -2.51. The molecule has 2 aromatic rings. The zero-order valence-electron chi connectivity index (χ0n) is 13.3. The third kappa shape index (κ3) is 2.65. The van der Waals surface area contributed by atoms with Gasteiger partial charge in [0.15, 0.2) is 5.71 Å². The summed E-state index contributed by atoms with van der Waals surface area (Å²) in [6.07, 6.45) is 0. The van der Waals surface area contributed by atoms with Crippen LogP contribution in [0.3, 0.4) is 0 Å². The highest BCUT2D eigenvalue weighted by Crippen LogP contribution is 2.45. The Morgan fingerprint density at radius 3 is 2.52 bits per heavy atom. The number of amides is 1. The molecule has 1 atom stereocenters. The molecule has 1 unspecified atom stereocenters. The summed E-state index contributed by atoms with van der Waals surface area (Å²) in [6.45, 7) is 1.64. The number of benzene rings is 2. The van der Waals surface area contributed by atoms with Crippen LogP contribution in [-0.2, 0) is 19.9 Å². The van der Waals surface area contributed by atoms with Crippen molar-refractivity contribution in [3.63, 3.8) is 0 Å². The maximum absolute atomic E-state index is 13.0. The Kier molecular flexibility index (Phi) is 4.45. The number of rotatable bonds is 4. The number of nitrogens with zero attached hydrogens (tertiary/aromatic N) is 1. The van der Waals surface area contributed by atoms with Gasteiger partial charge in [-0.1, -0.05) is 34.1 Å². The van der Waals surface area contributed by atoms with Gasteiger partial charge in [0.2, 0.25) is 5.60 Å². The second-order valence-corrected chi connectivity index (χ2v) is 6.36. The van der Waals surface area contributed by atoms with Gasteiger partial charge in [-0.15, -0.1) is 0 Å². The van der Waals surface area contributed by atoms with Crippen LogP contribution in [-0.4, -0.2) is 29.3 Å². The van der Waals surface area contributed by atoms with E-state index in [4.69, 9.17) is 10.1 Å². The summed E-state index contributed by atoms with van der Waals surface area (Å²) in [5.74, 6) is -1.81. The average Bonchev–Trinajstić information content (AvgIpc) is 2.84. The lowest BCUT2D eigenvalue weighted by molar-refractivity contribution is -0.139. The van der Waals surface area contributed by atoms with Gasteiger partial charge in [0.25, 0.3) is 5.91 Å². The maximum Gasteiger partial charge on any atom is 0.355 e. The van der Waals surface area contributed by atoms with E-state index in [-0.39, 0.29) is 12.2 Å². The van der Waals surface area contributed by atoms with Crippen LogP contribution in [0.25, 0.3) is 0 Å². The second-order valence-electron chi connectivity index (χ2n) is 5.44. The number of carbonyl (C=O) groups excluding carboxylic acids is 2. The molecule has 0 aliphatic carbocycles. The number of hydrogen-bond acceptors (Lipinski definition) is 5. The molecule has 1 aliphatic heterocycles. The van der Waals surface area contributed by atoms with Gasteiger partial charge < -0.3 is 9.84 Å². The van der Waals surface area contributed by atoms with E-state index in [1.165, 1.54) is 11.0 Å². The highest BCUT2D eigenvalue weighted by atomic mass is 79.9. The third-order valence-corrected chi connectivity index (χ3v) is 4.50. The number of hydrogen-bond donors (Lipinski definition) is 2. The molecule has 128 valence electrons. The quantitative estimate of drug-likeness (QED) is 0.607. The van der Waals surface area contributed by atoms with Crippen LogP contribution in [0.15, 0.2) is 53.0 Å². The van der Waals surface area contributed by atoms with Crippen LogP contribution in [0, 0.1) is 5.41 Å². The smallest absolute Gasteiger partial charge is 0.355 e. The van der Waals surface area contributed by atoms with Crippen LogP contribution in [0.1, 0.15) is 12.5 Å². The number of aliphatic hydroxyl groups is 1. The summed E-state index contributed by atoms with van der Waals surface area (Å²) >= 11 is 3.33. The fraction of sp³-hybridized carbons (Fsp3) is 0.167. The van der Waals surface area contributed by atoms with Gasteiger partial charge in [-0.2, -0.15) is 0 Å². The summed E-state index contributed by atoms with van der Waals surface area (Å²) in [6, 6.07) is 13.5. The number of halogens is 1. The van der Waals surface area contributed by atoms with E-state index in [1.807, 2.05) is 0 Å². The number of para-hydroxylation sites is 1. The van der Waals surface area contributed by atoms with E-state index in [2.05, 4.69) is 15.9 Å². The first-order valence-corrected chi connectivity index (χ1v) is 8.38. The molecule has 6 nitrogen and oxygen atoms in total. The standard InChI is InChI=1S/C18H15BrN2O4/c1-2-25-16(22)15(20)18(24)13-5-3-4-6-14(13)21(17(18)23)12-9-7-11(19)8-10-12/h3-10,20,24H,2H2,1H3. The van der Waals surface area contributed by atoms with Crippen LogP contribution in [0.2, 0.25) is 0 Å². The molecule has 0 bridgehead atoms. The van der Waals surface area contributed by atoms with E-state index >= 15 is 0 Å². The van der Waals surface area contributed by atoms with Gasteiger partial charge in [0.1, 0.15) is 0 Å². The van der Waals surface area contributed by atoms with Gasteiger partial charge in [-0.05, 0) is 37.3 Å². The van der Waals surface area contributed by atoms with E-state index < -0.39 is 23.2 Å². The monoisotopic (exact) mass is 402 g/mol. The highest BCUT2D eigenvalue weighted by Gasteiger charge is 2.55. The predicted molar refractivity (Wildman–Crippen MR) is 96.0 cm³/mol. The van der Waals surface area contributed by atoms with Crippen molar-refractivity contribution in [1.29, 1.82) is 5.41 Å². The lowest BCUT2D eigenvalue weighted by Gasteiger charge is -2.23. The first-order valence-electron chi connectivity index (χ1n) is 7.59. The van der Waals surface area contributed by atoms with Crippen LogP contribution < -0.4 is 4.90 Å². The molecule has 1 amide bonds. The van der Waals surface area contributed by atoms with E-state index in [1.54, 1.807) is 49.4 Å². The molecule has 7 heteroatoms. The first-order chi connectivity index (χ1) is 11.9. The van der Waals surface area contributed by atoms with E-state index in [9.17, 15) is 14.7 Å². The first kappa shape index (κ1) is 17.3. The number of ether oxygens (including phenoxy) is 1. The molecule has 0 saturated carbocycles. The fourth-order valence-electron chi connectivity index (χ4n) is 2.80. The minimum Gasteiger partial charge on any atom is -0.461 e. The molecule has 25 heavy (non-hydrogen) atoms. The topological polar surface area (TPSA) is 90.7 Å². The Balaban J connectivity index is 2.14. The van der Waals surface area contributed by atoms with Crippen molar-refractivity contribution in [2.45, 2.75) is 12.5 Å². The number of nitrogens with one attached hydrogen (secondary N) is 1. The Labute approximate surface area is 152 Å². The summed E-state index contributed by atoms with van der Waals surface area (Å²) < 4.78 is 5.64. The summed E-state index contributed by atoms with van der Waals surface area (Å²) in [5, 5.41) is 19.1. The third-order valence-electron chi connectivity index (χ3n) is 3.97. The SMILES string of the molecule is CCOC(=O)C(=N)C1(O)C(=O)N(c2ccc(Br)cc2)c2ccccc21. The van der Waals surface area contributed by atoms with Crippen molar-refractivity contribution in [3.05, 3.63) is 58.6 Å². The molecule has 0 fully saturated rings. The molecule has 1 aliphatic rings. The molecular formula is C18H15BrN2O4. The number of fused-ring (bicyclic) bond motifs is 1. The fourth-order valence-corrected chi connectivity index (χ4v) is 3.06. The number of carbonyl (C=O) groups is 2. The second kappa shape index (κ2) is 6.42. The largest absolute Gasteiger partial charge is 0.461 e. The van der Waals surface area contributed by atoms with Crippen LogP contribution in [0.4, 0.5) is 11.4 Å². The molecule has 2 N–H and O–H groups in total. The van der Waals surface area contributed by atoms with Crippen LogP contribution >= 0.6 is 15.9 Å². The molecule has 0 saturated heterocycles.